The quantitative estimate of drug-likeness (QED) is 0.801. The molecule has 0 radical (unpaired) electrons. The standard InChI is InChI=1S/C19H18BrN/c1-12-16-9-14-7-8-15(20)10-17(14)19(18(16)11-21-12)13-5-3-2-4-6-13/h2-10,12,18-19,21H,11H2,1H3. The summed E-state index contributed by atoms with van der Waals surface area (Å²) in [4.78, 5) is 0. The molecule has 1 heterocycles. The fourth-order valence-corrected chi connectivity index (χ4v) is 4.20. The van der Waals surface area contributed by atoms with Gasteiger partial charge in [0.25, 0.3) is 0 Å². The molecule has 1 aliphatic heterocycles. The van der Waals surface area contributed by atoms with Crippen molar-refractivity contribution in [2.45, 2.75) is 18.9 Å². The van der Waals surface area contributed by atoms with Crippen LogP contribution in [0.25, 0.3) is 6.08 Å². The summed E-state index contributed by atoms with van der Waals surface area (Å²) < 4.78 is 1.16. The molecule has 3 unspecified atom stereocenters. The molecule has 0 spiro atoms. The van der Waals surface area contributed by atoms with Gasteiger partial charge in [0.2, 0.25) is 0 Å². The van der Waals surface area contributed by atoms with Gasteiger partial charge in [0.15, 0.2) is 0 Å². The zero-order valence-corrected chi connectivity index (χ0v) is 13.6. The molecule has 2 aromatic carbocycles. The number of nitrogens with one attached hydrogen (secondary N) is 1. The van der Waals surface area contributed by atoms with Crippen molar-refractivity contribution in [2.75, 3.05) is 6.54 Å². The lowest BCUT2D eigenvalue weighted by molar-refractivity contribution is 0.569. The Morgan fingerprint density at radius 3 is 2.71 bits per heavy atom. The zero-order valence-electron chi connectivity index (χ0n) is 12.0. The van der Waals surface area contributed by atoms with Gasteiger partial charge in [-0.05, 0) is 41.3 Å². The number of hydrogen-bond acceptors (Lipinski definition) is 1. The van der Waals surface area contributed by atoms with Crippen LogP contribution in [0.2, 0.25) is 0 Å². The van der Waals surface area contributed by atoms with Gasteiger partial charge in [-0.1, -0.05) is 58.4 Å². The second-order valence-electron chi connectivity index (χ2n) is 6.04. The molecule has 2 aliphatic rings. The maximum absolute atomic E-state index is 3.64. The van der Waals surface area contributed by atoms with E-state index < -0.39 is 0 Å². The Labute approximate surface area is 134 Å². The first kappa shape index (κ1) is 13.3. The molecular formula is C19H18BrN. The Morgan fingerprint density at radius 1 is 1.10 bits per heavy atom. The molecule has 3 atom stereocenters. The van der Waals surface area contributed by atoms with Gasteiger partial charge in [-0.25, -0.2) is 0 Å². The summed E-state index contributed by atoms with van der Waals surface area (Å²) in [6.07, 6.45) is 2.40. The van der Waals surface area contributed by atoms with E-state index in [1.165, 1.54) is 16.7 Å². The number of halogens is 1. The van der Waals surface area contributed by atoms with Crippen LogP contribution in [0, 0.1) is 5.92 Å². The summed E-state index contributed by atoms with van der Waals surface area (Å²) in [6, 6.07) is 18.1. The van der Waals surface area contributed by atoms with E-state index in [2.05, 4.69) is 82.8 Å². The van der Waals surface area contributed by atoms with Crippen LogP contribution in [0.3, 0.4) is 0 Å². The zero-order chi connectivity index (χ0) is 14.4. The lowest BCUT2D eigenvalue weighted by atomic mass is 9.72. The van der Waals surface area contributed by atoms with E-state index in [0.717, 1.165) is 11.0 Å². The number of rotatable bonds is 1. The predicted molar refractivity (Wildman–Crippen MR) is 91.4 cm³/mol. The van der Waals surface area contributed by atoms with Crippen LogP contribution in [0.4, 0.5) is 0 Å². The van der Waals surface area contributed by atoms with E-state index in [0.29, 0.717) is 17.9 Å². The highest BCUT2D eigenvalue weighted by atomic mass is 79.9. The molecule has 1 N–H and O–H groups in total. The maximum atomic E-state index is 3.64. The van der Waals surface area contributed by atoms with E-state index in [9.17, 15) is 0 Å². The molecule has 4 rings (SSSR count). The second-order valence-corrected chi connectivity index (χ2v) is 6.96. The van der Waals surface area contributed by atoms with E-state index in [1.54, 1.807) is 5.57 Å². The minimum absolute atomic E-state index is 0.455. The van der Waals surface area contributed by atoms with Crippen molar-refractivity contribution in [1.29, 1.82) is 0 Å². The van der Waals surface area contributed by atoms with Crippen LogP contribution in [0.15, 0.2) is 58.6 Å². The lowest BCUT2D eigenvalue weighted by Crippen LogP contribution is -2.21. The third-order valence-corrected chi connectivity index (χ3v) is 5.33. The maximum Gasteiger partial charge on any atom is 0.0258 e. The number of fused-ring (bicyclic) bond motifs is 2. The van der Waals surface area contributed by atoms with E-state index >= 15 is 0 Å². The minimum Gasteiger partial charge on any atom is -0.310 e. The van der Waals surface area contributed by atoms with Crippen molar-refractivity contribution in [1.82, 2.24) is 5.32 Å². The summed E-state index contributed by atoms with van der Waals surface area (Å²) in [7, 11) is 0. The summed E-state index contributed by atoms with van der Waals surface area (Å²) in [5, 5.41) is 3.63. The smallest absolute Gasteiger partial charge is 0.0258 e. The van der Waals surface area contributed by atoms with Gasteiger partial charge in [-0.2, -0.15) is 0 Å². The second kappa shape index (κ2) is 5.11. The highest BCUT2D eigenvalue weighted by molar-refractivity contribution is 9.10. The van der Waals surface area contributed by atoms with Crippen molar-refractivity contribution >= 4 is 22.0 Å². The first-order valence-electron chi connectivity index (χ1n) is 7.53. The first-order chi connectivity index (χ1) is 10.2. The van der Waals surface area contributed by atoms with Crippen LogP contribution in [0.1, 0.15) is 29.5 Å². The monoisotopic (exact) mass is 339 g/mol. The third-order valence-electron chi connectivity index (χ3n) is 4.84. The van der Waals surface area contributed by atoms with Gasteiger partial charge in [0, 0.05) is 28.9 Å². The molecule has 2 aromatic rings. The van der Waals surface area contributed by atoms with Crippen LogP contribution >= 0.6 is 15.9 Å². The van der Waals surface area contributed by atoms with Gasteiger partial charge in [-0.3, -0.25) is 0 Å². The molecule has 1 fully saturated rings. The molecule has 106 valence electrons. The summed E-state index contributed by atoms with van der Waals surface area (Å²) in [5.74, 6) is 1.03. The van der Waals surface area contributed by atoms with Gasteiger partial charge >= 0.3 is 0 Å². The SMILES string of the molecule is CC1NCC2C1=Cc1ccc(Br)cc1C2c1ccccc1. The Balaban J connectivity index is 1.92. The van der Waals surface area contributed by atoms with Crippen LogP contribution in [0.5, 0.6) is 0 Å². The molecular weight excluding hydrogens is 322 g/mol. The molecule has 0 saturated carbocycles. The Hall–Kier alpha value is -1.38. The number of hydrogen-bond donors (Lipinski definition) is 1. The summed E-state index contributed by atoms with van der Waals surface area (Å²) in [6.45, 7) is 3.34. The molecule has 21 heavy (non-hydrogen) atoms. The fraction of sp³-hybridized carbons (Fsp3) is 0.263. The lowest BCUT2D eigenvalue weighted by Gasteiger charge is -2.31. The van der Waals surface area contributed by atoms with Gasteiger partial charge in [0.1, 0.15) is 0 Å². The molecule has 0 aromatic heterocycles. The van der Waals surface area contributed by atoms with Crippen LogP contribution < -0.4 is 5.32 Å². The fourth-order valence-electron chi connectivity index (χ4n) is 3.82. The van der Waals surface area contributed by atoms with Crippen molar-refractivity contribution in [3.8, 4) is 0 Å². The third kappa shape index (κ3) is 2.18. The van der Waals surface area contributed by atoms with Gasteiger partial charge in [0.05, 0.1) is 0 Å². The molecule has 1 nitrogen and oxygen atoms in total. The Kier molecular flexibility index (Phi) is 3.24. The average molecular weight is 340 g/mol. The summed E-state index contributed by atoms with van der Waals surface area (Å²) >= 11 is 3.64. The highest BCUT2D eigenvalue weighted by Crippen LogP contribution is 2.46. The number of benzene rings is 2. The van der Waals surface area contributed by atoms with Crippen molar-refractivity contribution in [3.05, 3.63) is 75.3 Å². The van der Waals surface area contributed by atoms with E-state index in [1.807, 2.05) is 0 Å². The largest absolute Gasteiger partial charge is 0.310 e. The minimum atomic E-state index is 0.455. The predicted octanol–water partition coefficient (Wildman–Crippen LogP) is 4.59. The average Bonchev–Trinajstić information content (AvgIpc) is 2.87. The van der Waals surface area contributed by atoms with Gasteiger partial charge in [-0.15, -0.1) is 0 Å². The van der Waals surface area contributed by atoms with Crippen molar-refractivity contribution in [2.24, 2.45) is 5.92 Å². The first-order valence-corrected chi connectivity index (χ1v) is 8.32. The molecule has 2 heteroatoms. The molecule has 1 saturated heterocycles. The Bertz CT molecular complexity index is 705. The normalized spacial score (nSPS) is 27.0. The Morgan fingerprint density at radius 2 is 1.90 bits per heavy atom. The molecule has 0 bridgehead atoms. The van der Waals surface area contributed by atoms with Crippen molar-refractivity contribution < 1.29 is 0 Å². The molecule has 1 aliphatic carbocycles. The van der Waals surface area contributed by atoms with Crippen molar-refractivity contribution in [3.63, 3.8) is 0 Å². The van der Waals surface area contributed by atoms with Gasteiger partial charge < -0.3 is 5.32 Å². The summed E-state index contributed by atoms with van der Waals surface area (Å²) in [5.41, 5.74) is 5.79. The highest BCUT2D eigenvalue weighted by Gasteiger charge is 2.38. The van der Waals surface area contributed by atoms with Crippen LogP contribution in [-0.4, -0.2) is 12.6 Å². The van der Waals surface area contributed by atoms with E-state index in [-0.39, 0.29) is 0 Å². The van der Waals surface area contributed by atoms with Crippen LogP contribution in [-0.2, 0) is 0 Å². The topological polar surface area (TPSA) is 12.0 Å². The van der Waals surface area contributed by atoms with E-state index in [4.69, 9.17) is 0 Å². The molecule has 0 amide bonds.